The molecule has 0 bridgehead atoms. The number of non-ortho nitro benzene ring substituents is 1. The Morgan fingerprint density at radius 2 is 1.82 bits per heavy atom. The molecule has 0 radical (unpaired) electrons. The first kappa shape index (κ1) is 14.8. The molecule has 3 N–H and O–H groups in total. The van der Waals surface area contributed by atoms with Gasteiger partial charge in [-0.2, -0.15) is 0 Å². The number of benzene rings is 1. The van der Waals surface area contributed by atoms with Crippen molar-refractivity contribution in [2.45, 2.75) is 4.90 Å². The van der Waals surface area contributed by atoms with E-state index in [9.17, 15) is 10.1 Å². The van der Waals surface area contributed by atoms with Crippen LogP contribution in [-0.2, 0) is 0 Å². The molecule has 2 aromatic heterocycles. The minimum absolute atomic E-state index is 0.0713. The molecular formula is C12H9N5O2S3. The van der Waals surface area contributed by atoms with Gasteiger partial charge in [0.2, 0.25) is 0 Å². The number of anilines is 2. The lowest BCUT2D eigenvalue weighted by atomic mass is 10.3. The predicted octanol–water partition coefficient (Wildman–Crippen LogP) is 3.88. The summed E-state index contributed by atoms with van der Waals surface area (Å²) in [4.78, 5) is 19.6. The van der Waals surface area contributed by atoms with Crippen molar-refractivity contribution in [1.82, 2.24) is 9.97 Å². The van der Waals surface area contributed by atoms with Crippen molar-refractivity contribution in [3.05, 3.63) is 45.1 Å². The molecule has 0 spiro atoms. The zero-order chi connectivity index (χ0) is 15.5. The second kappa shape index (κ2) is 6.30. The molecule has 3 rings (SSSR count). The van der Waals surface area contributed by atoms with E-state index in [0.717, 1.165) is 21.4 Å². The van der Waals surface area contributed by atoms with E-state index in [1.165, 1.54) is 46.8 Å². The minimum atomic E-state index is -0.422. The van der Waals surface area contributed by atoms with Crippen molar-refractivity contribution < 1.29 is 4.92 Å². The molecule has 2 heterocycles. The lowest BCUT2D eigenvalue weighted by Crippen LogP contribution is -1.89. The fourth-order valence-corrected chi connectivity index (χ4v) is 3.53. The van der Waals surface area contributed by atoms with Crippen LogP contribution in [0.25, 0.3) is 11.4 Å². The van der Waals surface area contributed by atoms with E-state index in [1.54, 1.807) is 12.1 Å². The van der Waals surface area contributed by atoms with Gasteiger partial charge in [0.15, 0.2) is 10.3 Å². The van der Waals surface area contributed by atoms with Crippen LogP contribution in [0.3, 0.4) is 0 Å². The highest BCUT2D eigenvalue weighted by molar-refractivity contribution is 8.00. The van der Waals surface area contributed by atoms with Gasteiger partial charge in [-0.1, -0.05) is 0 Å². The predicted molar refractivity (Wildman–Crippen MR) is 90.2 cm³/mol. The molecule has 0 amide bonds. The molecule has 0 aliphatic heterocycles. The van der Waals surface area contributed by atoms with E-state index >= 15 is 0 Å². The van der Waals surface area contributed by atoms with Gasteiger partial charge in [0, 0.05) is 27.8 Å². The number of hydrogen-bond acceptors (Lipinski definition) is 9. The number of rotatable bonds is 5. The zero-order valence-electron chi connectivity index (χ0n) is 10.9. The molecule has 10 heteroatoms. The van der Waals surface area contributed by atoms with Crippen LogP contribution in [0.15, 0.2) is 39.9 Å². The normalized spacial score (nSPS) is 10.5. The molecule has 0 aliphatic carbocycles. The van der Waals surface area contributed by atoms with Gasteiger partial charge in [-0.05, 0) is 24.1 Å². The Kier molecular flexibility index (Phi) is 4.22. The van der Waals surface area contributed by atoms with Crippen molar-refractivity contribution >= 4 is 50.6 Å². The molecule has 1 aromatic carbocycles. The topological polar surface area (TPSA) is 107 Å². The molecular weight excluding hydrogens is 342 g/mol. The number of nitro benzene ring substituents is 1. The standard InChI is InChI=1S/C12H9N5O2S3/c13-11-14-9(5-20-11)10-6-21-12(15-10)16-22-8-3-1-7(2-4-8)17(18)19/h1-6H,(H2,13,14)(H,15,16). The van der Waals surface area contributed by atoms with Crippen LogP contribution in [-0.4, -0.2) is 14.9 Å². The second-order valence-corrected chi connectivity index (χ2v) is 6.69. The summed E-state index contributed by atoms with van der Waals surface area (Å²) in [6, 6.07) is 6.31. The lowest BCUT2D eigenvalue weighted by molar-refractivity contribution is -0.384. The van der Waals surface area contributed by atoms with Crippen LogP contribution in [0.5, 0.6) is 0 Å². The van der Waals surface area contributed by atoms with E-state index in [2.05, 4.69) is 14.7 Å². The molecule has 0 aliphatic rings. The van der Waals surface area contributed by atoms with Gasteiger partial charge in [0.1, 0.15) is 11.4 Å². The van der Waals surface area contributed by atoms with Gasteiger partial charge < -0.3 is 10.5 Å². The molecule has 0 saturated carbocycles. The number of nitrogens with zero attached hydrogens (tertiary/aromatic N) is 3. The SMILES string of the molecule is Nc1nc(-c2csc(NSc3ccc([N+](=O)[O-])cc3)n2)cs1. The Hall–Kier alpha value is -2.17. The maximum absolute atomic E-state index is 10.6. The highest BCUT2D eigenvalue weighted by Gasteiger charge is 2.09. The summed E-state index contributed by atoms with van der Waals surface area (Å²) in [5.41, 5.74) is 7.20. The first-order chi connectivity index (χ1) is 10.6. The monoisotopic (exact) mass is 351 g/mol. The number of nitrogens with two attached hydrogens (primary N) is 1. The maximum Gasteiger partial charge on any atom is 0.269 e. The van der Waals surface area contributed by atoms with E-state index < -0.39 is 4.92 Å². The largest absolute Gasteiger partial charge is 0.375 e. The molecule has 3 aromatic rings. The van der Waals surface area contributed by atoms with Crippen molar-refractivity contribution in [3.63, 3.8) is 0 Å². The molecule has 22 heavy (non-hydrogen) atoms. The third kappa shape index (κ3) is 3.35. The smallest absolute Gasteiger partial charge is 0.269 e. The molecule has 0 unspecified atom stereocenters. The summed E-state index contributed by atoms with van der Waals surface area (Å²) in [6.07, 6.45) is 0. The van der Waals surface area contributed by atoms with Gasteiger partial charge in [0.05, 0.1) is 4.92 Å². The number of hydrogen-bond donors (Lipinski definition) is 2. The Morgan fingerprint density at radius 1 is 1.14 bits per heavy atom. The van der Waals surface area contributed by atoms with E-state index in [4.69, 9.17) is 5.73 Å². The van der Waals surface area contributed by atoms with Crippen LogP contribution < -0.4 is 10.5 Å². The van der Waals surface area contributed by atoms with Crippen molar-refractivity contribution in [2.75, 3.05) is 10.5 Å². The second-order valence-electron chi connectivity index (χ2n) is 4.06. The summed E-state index contributed by atoms with van der Waals surface area (Å²) >= 11 is 4.17. The number of thiazole rings is 2. The van der Waals surface area contributed by atoms with Gasteiger partial charge in [0.25, 0.3) is 5.69 Å². The molecule has 0 saturated heterocycles. The minimum Gasteiger partial charge on any atom is -0.375 e. The quantitative estimate of drug-likeness (QED) is 0.408. The molecule has 7 nitrogen and oxygen atoms in total. The Labute approximate surface area is 137 Å². The summed E-state index contributed by atoms with van der Waals surface area (Å²) < 4.78 is 3.11. The van der Waals surface area contributed by atoms with Crippen LogP contribution in [0.2, 0.25) is 0 Å². The third-order valence-corrected chi connectivity index (χ3v) is 4.96. The Bertz CT molecular complexity index is 799. The van der Waals surface area contributed by atoms with Crippen molar-refractivity contribution in [1.29, 1.82) is 0 Å². The van der Waals surface area contributed by atoms with Crippen LogP contribution in [0.4, 0.5) is 16.0 Å². The molecule has 0 atom stereocenters. The van der Waals surface area contributed by atoms with Gasteiger partial charge in [-0.25, -0.2) is 9.97 Å². The van der Waals surface area contributed by atoms with E-state index in [-0.39, 0.29) is 5.69 Å². The van der Waals surface area contributed by atoms with Gasteiger partial charge in [-0.3, -0.25) is 10.1 Å². The third-order valence-electron chi connectivity index (χ3n) is 2.59. The highest BCUT2D eigenvalue weighted by Crippen LogP contribution is 2.30. The molecule has 0 fully saturated rings. The Morgan fingerprint density at radius 3 is 2.45 bits per heavy atom. The van der Waals surface area contributed by atoms with Crippen molar-refractivity contribution in [3.8, 4) is 11.4 Å². The average Bonchev–Trinajstić information content (AvgIpc) is 3.14. The fourth-order valence-electron chi connectivity index (χ4n) is 1.58. The zero-order valence-corrected chi connectivity index (χ0v) is 13.4. The van der Waals surface area contributed by atoms with E-state index in [0.29, 0.717) is 5.13 Å². The first-order valence-corrected chi connectivity index (χ1v) is 8.53. The van der Waals surface area contributed by atoms with Crippen LogP contribution in [0.1, 0.15) is 0 Å². The van der Waals surface area contributed by atoms with Gasteiger partial charge in [-0.15, -0.1) is 22.7 Å². The maximum atomic E-state index is 10.6. The number of nitro groups is 1. The first-order valence-electron chi connectivity index (χ1n) is 5.96. The number of nitrogens with one attached hydrogen (secondary N) is 1. The summed E-state index contributed by atoms with van der Waals surface area (Å²) in [7, 11) is 0. The highest BCUT2D eigenvalue weighted by atomic mass is 32.2. The van der Waals surface area contributed by atoms with E-state index in [1.807, 2.05) is 10.8 Å². The van der Waals surface area contributed by atoms with Crippen molar-refractivity contribution in [2.24, 2.45) is 0 Å². The molecule has 112 valence electrons. The summed E-state index contributed by atoms with van der Waals surface area (Å²) in [6.45, 7) is 0. The Balaban J connectivity index is 1.64. The van der Waals surface area contributed by atoms with Gasteiger partial charge >= 0.3 is 0 Å². The number of nitrogen functional groups attached to an aromatic ring is 1. The summed E-state index contributed by atoms with van der Waals surface area (Å²) in [5, 5.41) is 15.6. The number of aromatic nitrogens is 2. The fraction of sp³-hybridized carbons (Fsp3) is 0. The lowest BCUT2D eigenvalue weighted by Gasteiger charge is -2.01. The van der Waals surface area contributed by atoms with Crippen LogP contribution in [0, 0.1) is 10.1 Å². The van der Waals surface area contributed by atoms with Crippen LogP contribution >= 0.6 is 34.6 Å². The summed E-state index contributed by atoms with van der Waals surface area (Å²) in [5.74, 6) is 0. The average molecular weight is 351 g/mol.